The molecule has 2 saturated heterocycles. The van der Waals surface area contributed by atoms with Gasteiger partial charge in [0.1, 0.15) is 6.04 Å². The Morgan fingerprint density at radius 2 is 1.73 bits per heavy atom. The van der Waals surface area contributed by atoms with Gasteiger partial charge in [-0.05, 0) is 55.3 Å². The van der Waals surface area contributed by atoms with Gasteiger partial charge in [-0.1, -0.05) is 18.2 Å². The first-order chi connectivity index (χ1) is 24.9. The fourth-order valence-corrected chi connectivity index (χ4v) is 6.69. The summed E-state index contributed by atoms with van der Waals surface area (Å²) in [5.74, 6) is -3.09. The van der Waals surface area contributed by atoms with Gasteiger partial charge in [-0.25, -0.2) is 0 Å². The molecule has 266 valence electrons. The van der Waals surface area contributed by atoms with Crippen molar-refractivity contribution in [3.05, 3.63) is 106 Å². The molecule has 0 radical (unpaired) electrons. The Morgan fingerprint density at radius 3 is 2.48 bits per heavy atom. The van der Waals surface area contributed by atoms with Crippen molar-refractivity contribution in [1.29, 1.82) is 0 Å². The molecule has 15 heteroatoms. The van der Waals surface area contributed by atoms with Crippen LogP contribution in [0, 0.1) is 6.92 Å². The molecule has 0 aliphatic carbocycles. The Kier molecular flexibility index (Phi) is 9.04. The highest BCUT2D eigenvalue weighted by atomic mass is 19.4. The number of carbonyl (C=O) groups excluding carboxylic acids is 5. The third kappa shape index (κ3) is 6.62. The molecule has 2 aromatic heterocycles. The van der Waals surface area contributed by atoms with E-state index < -0.39 is 47.3 Å². The molecule has 0 saturated carbocycles. The number of hydrogen-bond donors (Lipinski definition) is 2. The van der Waals surface area contributed by atoms with E-state index in [4.69, 9.17) is 9.72 Å². The van der Waals surface area contributed by atoms with Crippen LogP contribution in [0.2, 0.25) is 0 Å². The number of benzene rings is 2. The van der Waals surface area contributed by atoms with Crippen molar-refractivity contribution in [3.63, 3.8) is 0 Å². The number of pyridine rings is 2. The Labute approximate surface area is 295 Å². The number of imide groups is 2. The predicted molar refractivity (Wildman–Crippen MR) is 181 cm³/mol. The molecule has 1 unspecified atom stereocenters. The van der Waals surface area contributed by atoms with Gasteiger partial charge in [-0.15, -0.1) is 0 Å². The molecule has 1 atom stereocenters. The molecule has 2 aromatic carbocycles. The van der Waals surface area contributed by atoms with E-state index in [1.165, 1.54) is 18.3 Å². The lowest BCUT2D eigenvalue weighted by atomic mass is 9.97. The highest BCUT2D eigenvalue weighted by molar-refractivity contribution is 6.24. The quantitative estimate of drug-likeness (QED) is 0.263. The number of amides is 5. The summed E-state index contributed by atoms with van der Waals surface area (Å²) in [6.45, 7) is 3.82. The van der Waals surface area contributed by atoms with Gasteiger partial charge in [0.15, 0.2) is 0 Å². The summed E-state index contributed by atoms with van der Waals surface area (Å²) in [6, 6.07) is 11.6. The summed E-state index contributed by atoms with van der Waals surface area (Å²) in [4.78, 5) is 76.8. The van der Waals surface area contributed by atoms with E-state index in [0.717, 1.165) is 22.7 Å². The molecule has 4 aromatic rings. The molecule has 0 spiro atoms. The first-order valence-electron chi connectivity index (χ1n) is 16.5. The van der Waals surface area contributed by atoms with Crippen LogP contribution >= 0.6 is 0 Å². The number of fused-ring (bicyclic) bond motifs is 1. The van der Waals surface area contributed by atoms with Crippen molar-refractivity contribution in [2.24, 2.45) is 0 Å². The lowest BCUT2D eigenvalue weighted by Crippen LogP contribution is -2.54. The number of hydrogen-bond acceptors (Lipinski definition) is 9. The van der Waals surface area contributed by atoms with Crippen LogP contribution in [0.25, 0.3) is 11.1 Å². The minimum atomic E-state index is -4.60. The van der Waals surface area contributed by atoms with Gasteiger partial charge in [-0.3, -0.25) is 44.2 Å². The number of ether oxygens (including phenoxy) is 1. The lowest BCUT2D eigenvalue weighted by molar-refractivity contribution is -0.138. The maximum Gasteiger partial charge on any atom is 0.416 e. The fraction of sp³-hybridized carbons (Fsp3) is 0.270. The fourth-order valence-electron chi connectivity index (χ4n) is 6.69. The SMILES string of the molecule is Cc1ncc(NC(=O)c2cccc(C(F)(F)F)c2)cc1-c1cnc(Cc2cccc3c2C(=O)N(C2CCC(=O)NC2=O)C3=O)c(N2CCOCC2)c1. The van der Waals surface area contributed by atoms with Crippen molar-refractivity contribution >= 4 is 40.9 Å². The second kappa shape index (κ2) is 13.6. The molecule has 3 aliphatic heterocycles. The van der Waals surface area contributed by atoms with E-state index in [-0.39, 0.29) is 41.6 Å². The number of aryl methyl sites for hydroxylation is 1. The number of aromatic nitrogens is 2. The highest BCUT2D eigenvalue weighted by Crippen LogP contribution is 2.35. The van der Waals surface area contributed by atoms with Crippen LogP contribution in [0.5, 0.6) is 0 Å². The van der Waals surface area contributed by atoms with Crippen LogP contribution in [0.4, 0.5) is 24.5 Å². The van der Waals surface area contributed by atoms with Crippen molar-refractivity contribution in [1.82, 2.24) is 20.2 Å². The van der Waals surface area contributed by atoms with Gasteiger partial charge in [0.25, 0.3) is 17.7 Å². The number of piperidine rings is 1. The summed E-state index contributed by atoms with van der Waals surface area (Å²) in [5, 5.41) is 4.85. The molecule has 5 heterocycles. The minimum absolute atomic E-state index is 0.00987. The number of alkyl halides is 3. The first kappa shape index (κ1) is 34.5. The Hall–Kier alpha value is -5.96. The molecule has 52 heavy (non-hydrogen) atoms. The second-order valence-electron chi connectivity index (χ2n) is 12.6. The predicted octanol–water partition coefficient (Wildman–Crippen LogP) is 4.55. The third-order valence-electron chi connectivity index (χ3n) is 9.32. The number of nitrogens with zero attached hydrogens (tertiary/aromatic N) is 4. The van der Waals surface area contributed by atoms with Crippen LogP contribution in [0.1, 0.15) is 66.4 Å². The molecule has 2 N–H and O–H groups in total. The summed E-state index contributed by atoms with van der Waals surface area (Å²) in [6.07, 6.45) is -1.33. The average Bonchev–Trinajstić information content (AvgIpc) is 3.38. The molecule has 7 rings (SSSR count). The van der Waals surface area contributed by atoms with Crippen LogP contribution in [0.3, 0.4) is 0 Å². The summed E-state index contributed by atoms with van der Waals surface area (Å²) in [7, 11) is 0. The number of carbonyl (C=O) groups is 5. The van der Waals surface area contributed by atoms with Crippen molar-refractivity contribution < 1.29 is 41.9 Å². The molecule has 3 aliphatic rings. The van der Waals surface area contributed by atoms with Gasteiger partial charge in [0.2, 0.25) is 11.8 Å². The lowest BCUT2D eigenvalue weighted by Gasteiger charge is -2.31. The molecular weight excluding hydrogens is 681 g/mol. The van der Waals surface area contributed by atoms with Crippen molar-refractivity contribution in [2.45, 2.75) is 38.4 Å². The molecular formula is C37H31F3N6O6. The molecule has 2 fully saturated rings. The van der Waals surface area contributed by atoms with Crippen molar-refractivity contribution in [2.75, 3.05) is 36.5 Å². The topological polar surface area (TPSA) is 151 Å². The zero-order valence-electron chi connectivity index (χ0n) is 27.8. The van der Waals surface area contributed by atoms with E-state index in [9.17, 15) is 37.1 Å². The van der Waals surface area contributed by atoms with Gasteiger partial charge < -0.3 is 15.0 Å². The van der Waals surface area contributed by atoms with E-state index in [1.807, 2.05) is 6.07 Å². The van der Waals surface area contributed by atoms with Crippen LogP contribution in [0.15, 0.2) is 67.0 Å². The third-order valence-corrected chi connectivity index (χ3v) is 9.32. The van der Waals surface area contributed by atoms with E-state index in [0.29, 0.717) is 54.4 Å². The average molecular weight is 713 g/mol. The monoisotopic (exact) mass is 712 g/mol. The summed E-state index contributed by atoms with van der Waals surface area (Å²) < 4.78 is 45.3. The molecule has 5 amide bonds. The maximum atomic E-state index is 13.8. The number of anilines is 2. The number of morpholine rings is 1. The Morgan fingerprint density at radius 1 is 0.962 bits per heavy atom. The van der Waals surface area contributed by atoms with Crippen LogP contribution in [-0.2, 0) is 26.9 Å². The zero-order chi connectivity index (χ0) is 36.7. The number of rotatable bonds is 7. The highest BCUT2D eigenvalue weighted by Gasteiger charge is 2.45. The van der Waals surface area contributed by atoms with Crippen molar-refractivity contribution in [3.8, 4) is 11.1 Å². The van der Waals surface area contributed by atoms with Crippen LogP contribution in [-0.4, -0.2) is 76.7 Å². The minimum Gasteiger partial charge on any atom is -0.378 e. The van der Waals surface area contributed by atoms with Gasteiger partial charge in [-0.2, -0.15) is 13.2 Å². The van der Waals surface area contributed by atoms with Gasteiger partial charge >= 0.3 is 6.18 Å². The molecule has 12 nitrogen and oxygen atoms in total. The largest absolute Gasteiger partial charge is 0.416 e. The first-order valence-corrected chi connectivity index (χ1v) is 16.5. The second-order valence-corrected chi connectivity index (χ2v) is 12.6. The van der Waals surface area contributed by atoms with Gasteiger partial charge in [0.05, 0.1) is 53.2 Å². The number of nitrogens with one attached hydrogen (secondary N) is 2. The zero-order valence-corrected chi connectivity index (χ0v) is 27.8. The van der Waals surface area contributed by atoms with Crippen LogP contribution < -0.4 is 15.5 Å². The normalized spacial score (nSPS) is 17.7. The van der Waals surface area contributed by atoms with E-state index in [1.54, 1.807) is 37.4 Å². The maximum absolute atomic E-state index is 13.8. The van der Waals surface area contributed by atoms with E-state index in [2.05, 4.69) is 20.5 Å². The van der Waals surface area contributed by atoms with E-state index >= 15 is 0 Å². The number of halogens is 3. The Balaban J connectivity index is 1.20. The van der Waals surface area contributed by atoms with Gasteiger partial charge in [0, 0.05) is 54.5 Å². The molecule has 0 bridgehead atoms. The summed E-state index contributed by atoms with van der Waals surface area (Å²) >= 11 is 0. The smallest absolute Gasteiger partial charge is 0.378 e. The summed E-state index contributed by atoms with van der Waals surface area (Å²) in [5.41, 5.74) is 3.30. The Bertz CT molecular complexity index is 2150. The standard InChI is InChI=1S/C37H31F3N6O6/c1-20-27(17-25(19-41-20)43-33(48)22-5-2-6-24(14-22)37(38,39)40)23-16-30(45-10-12-52-13-11-45)28(42-18-23)15-21-4-3-7-26-32(21)36(51)46(35(26)50)29-8-9-31(47)44-34(29)49/h2-7,14,16-19,29H,8-13,15H2,1H3,(H,43,48)(H,44,47,49).